The predicted octanol–water partition coefficient (Wildman–Crippen LogP) is 4.26. The quantitative estimate of drug-likeness (QED) is 0.750. The van der Waals surface area contributed by atoms with Crippen LogP contribution in [0, 0.1) is 18.3 Å². The maximum atomic E-state index is 12.2. The van der Waals surface area contributed by atoms with Gasteiger partial charge in [-0.25, -0.2) is 4.98 Å². The van der Waals surface area contributed by atoms with Gasteiger partial charge in [0.05, 0.1) is 23.5 Å². The number of anilines is 3. The molecule has 0 unspecified atom stereocenters. The Morgan fingerprint density at radius 2 is 1.64 bits per heavy atom. The molecule has 5 heteroatoms. The van der Waals surface area contributed by atoms with Gasteiger partial charge >= 0.3 is 0 Å². The fraction of sp³-hybridized carbons (Fsp3) is 0.0500. The summed E-state index contributed by atoms with van der Waals surface area (Å²) in [6, 6.07) is 20.1. The van der Waals surface area contributed by atoms with Crippen molar-refractivity contribution in [3.05, 3.63) is 83.6 Å². The molecule has 2 aromatic carbocycles. The molecule has 122 valence electrons. The molecule has 0 aliphatic rings. The maximum absolute atomic E-state index is 12.2. The average Bonchev–Trinajstić information content (AvgIpc) is 2.64. The number of benzene rings is 2. The van der Waals surface area contributed by atoms with E-state index in [2.05, 4.69) is 21.7 Å². The van der Waals surface area contributed by atoms with Crippen LogP contribution < -0.4 is 10.6 Å². The molecule has 0 aliphatic carbocycles. The minimum absolute atomic E-state index is 0.172. The highest BCUT2D eigenvalue weighted by Gasteiger charge is 2.06. The van der Waals surface area contributed by atoms with Gasteiger partial charge in [0.25, 0.3) is 5.91 Å². The van der Waals surface area contributed by atoms with Crippen LogP contribution in [0.4, 0.5) is 17.2 Å². The van der Waals surface area contributed by atoms with Crippen molar-refractivity contribution >= 4 is 23.1 Å². The number of nitriles is 1. The molecule has 3 rings (SSSR count). The second-order valence-corrected chi connectivity index (χ2v) is 5.57. The number of rotatable bonds is 4. The molecule has 0 saturated carbocycles. The van der Waals surface area contributed by atoms with Crippen LogP contribution >= 0.6 is 0 Å². The van der Waals surface area contributed by atoms with Gasteiger partial charge in [-0.3, -0.25) is 4.79 Å². The molecule has 0 fully saturated rings. The summed E-state index contributed by atoms with van der Waals surface area (Å²) in [5.41, 5.74) is 3.77. The zero-order valence-corrected chi connectivity index (χ0v) is 13.7. The van der Waals surface area contributed by atoms with Crippen molar-refractivity contribution < 1.29 is 4.79 Å². The van der Waals surface area contributed by atoms with Crippen molar-refractivity contribution in [2.45, 2.75) is 6.92 Å². The summed E-state index contributed by atoms with van der Waals surface area (Å²) in [5.74, 6) is 0.479. The smallest absolute Gasteiger partial charge is 0.255 e. The molecule has 1 aromatic heterocycles. The third-order valence-electron chi connectivity index (χ3n) is 3.62. The lowest BCUT2D eigenvalue weighted by Gasteiger charge is -2.08. The molecule has 3 aromatic rings. The maximum Gasteiger partial charge on any atom is 0.255 e. The Morgan fingerprint density at radius 3 is 2.24 bits per heavy atom. The van der Waals surface area contributed by atoms with E-state index >= 15 is 0 Å². The highest BCUT2D eigenvalue weighted by molar-refractivity contribution is 6.04. The van der Waals surface area contributed by atoms with Gasteiger partial charge < -0.3 is 10.6 Å². The van der Waals surface area contributed by atoms with E-state index in [9.17, 15) is 4.79 Å². The van der Waals surface area contributed by atoms with Gasteiger partial charge in [-0.1, -0.05) is 17.7 Å². The lowest BCUT2D eigenvalue weighted by atomic mass is 10.1. The largest absolute Gasteiger partial charge is 0.340 e. The van der Waals surface area contributed by atoms with Gasteiger partial charge in [-0.15, -0.1) is 0 Å². The summed E-state index contributed by atoms with van der Waals surface area (Å²) in [4.78, 5) is 16.5. The van der Waals surface area contributed by atoms with Crippen LogP contribution in [0.15, 0.2) is 66.9 Å². The Bertz CT molecular complexity index is 908. The number of pyridine rings is 1. The van der Waals surface area contributed by atoms with E-state index in [-0.39, 0.29) is 5.91 Å². The molecule has 0 bridgehead atoms. The zero-order chi connectivity index (χ0) is 17.6. The molecular weight excluding hydrogens is 312 g/mol. The van der Waals surface area contributed by atoms with Gasteiger partial charge in [0.15, 0.2) is 0 Å². The summed E-state index contributed by atoms with van der Waals surface area (Å²) in [6.45, 7) is 1.98. The molecule has 1 heterocycles. The van der Waals surface area contributed by atoms with Gasteiger partial charge in [0.1, 0.15) is 5.82 Å². The van der Waals surface area contributed by atoms with Gasteiger partial charge in [0.2, 0.25) is 0 Å². The first kappa shape index (κ1) is 16.2. The normalized spacial score (nSPS) is 9.92. The number of nitrogens with one attached hydrogen (secondary N) is 2. The number of carbonyl (C=O) groups excluding carboxylic acids is 1. The van der Waals surface area contributed by atoms with Crippen LogP contribution in [0.3, 0.4) is 0 Å². The molecule has 2 N–H and O–H groups in total. The number of hydrogen-bond donors (Lipinski definition) is 2. The zero-order valence-electron chi connectivity index (χ0n) is 13.7. The van der Waals surface area contributed by atoms with E-state index in [0.717, 1.165) is 11.3 Å². The minimum atomic E-state index is -0.172. The van der Waals surface area contributed by atoms with Gasteiger partial charge in [0, 0.05) is 11.3 Å². The molecular formula is C20H16N4O. The Hall–Kier alpha value is -3.65. The number of hydrogen-bond acceptors (Lipinski definition) is 4. The molecule has 0 saturated heterocycles. The number of aromatic nitrogens is 1. The van der Waals surface area contributed by atoms with E-state index < -0.39 is 0 Å². The minimum Gasteiger partial charge on any atom is -0.340 e. The topological polar surface area (TPSA) is 77.8 Å². The summed E-state index contributed by atoms with van der Waals surface area (Å²) < 4.78 is 0. The van der Waals surface area contributed by atoms with Crippen LogP contribution in [-0.2, 0) is 0 Å². The standard InChI is InChI=1S/C20H16N4O/c1-14-2-6-16(7-3-14)20(25)24-18-10-11-19(22-13-18)23-17-8-4-15(12-21)5-9-17/h2-11,13H,1H3,(H,22,23)(H,24,25). The van der Waals surface area contributed by atoms with E-state index in [1.807, 2.05) is 31.2 Å². The summed E-state index contributed by atoms with van der Waals surface area (Å²) in [7, 11) is 0. The van der Waals surface area contributed by atoms with Gasteiger partial charge in [-0.2, -0.15) is 5.26 Å². The number of nitrogens with zero attached hydrogens (tertiary/aromatic N) is 2. The first-order valence-electron chi connectivity index (χ1n) is 7.75. The van der Waals surface area contributed by atoms with Crippen molar-refractivity contribution in [3.8, 4) is 6.07 Å². The second-order valence-electron chi connectivity index (χ2n) is 5.57. The SMILES string of the molecule is Cc1ccc(C(=O)Nc2ccc(Nc3ccc(C#N)cc3)nc2)cc1. The van der Waals surface area contributed by atoms with Crippen LogP contribution in [0.1, 0.15) is 21.5 Å². The molecule has 0 spiro atoms. The molecule has 0 radical (unpaired) electrons. The van der Waals surface area contributed by atoms with Crippen molar-refractivity contribution in [3.63, 3.8) is 0 Å². The van der Waals surface area contributed by atoms with E-state index in [0.29, 0.717) is 22.6 Å². The Morgan fingerprint density at radius 1 is 0.960 bits per heavy atom. The van der Waals surface area contributed by atoms with Crippen LogP contribution in [0.25, 0.3) is 0 Å². The third kappa shape index (κ3) is 4.21. The van der Waals surface area contributed by atoms with E-state index in [1.54, 1.807) is 42.6 Å². The van der Waals surface area contributed by atoms with E-state index in [4.69, 9.17) is 5.26 Å². The second kappa shape index (κ2) is 7.28. The fourth-order valence-corrected chi connectivity index (χ4v) is 2.23. The van der Waals surface area contributed by atoms with Crippen LogP contribution in [0.2, 0.25) is 0 Å². The Balaban J connectivity index is 1.64. The molecule has 1 amide bonds. The number of aryl methyl sites for hydroxylation is 1. The van der Waals surface area contributed by atoms with Gasteiger partial charge in [-0.05, 0) is 55.5 Å². The van der Waals surface area contributed by atoms with Crippen molar-refractivity contribution in [2.75, 3.05) is 10.6 Å². The number of amides is 1. The Labute approximate surface area is 146 Å². The lowest BCUT2D eigenvalue weighted by Crippen LogP contribution is -2.12. The summed E-state index contributed by atoms with van der Waals surface area (Å²) >= 11 is 0. The molecule has 5 nitrogen and oxygen atoms in total. The summed E-state index contributed by atoms with van der Waals surface area (Å²) in [6.07, 6.45) is 1.60. The highest BCUT2D eigenvalue weighted by atomic mass is 16.1. The first-order valence-corrected chi connectivity index (χ1v) is 7.75. The first-order chi connectivity index (χ1) is 12.1. The monoisotopic (exact) mass is 328 g/mol. The van der Waals surface area contributed by atoms with Crippen LogP contribution in [-0.4, -0.2) is 10.9 Å². The number of carbonyl (C=O) groups is 1. The molecule has 25 heavy (non-hydrogen) atoms. The third-order valence-corrected chi connectivity index (χ3v) is 3.62. The van der Waals surface area contributed by atoms with Crippen LogP contribution in [0.5, 0.6) is 0 Å². The molecule has 0 atom stereocenters. The van der Waals surface area contributed by atoms with Crippen molar-refractivity contribution in [2.24, 2.45) is 0 Å². The fourth-order valence-electron chi connectivity index (χ4n) is 2.23. The predicted molar refractivity (Wildman–Crippen MR) is 97.8 cm³/mol. The lowest BCUT2D eigenvalue weighted by molar-refractivity contribution is 0.102. The highest BCUT2D eigenvalue weighted by Crippen LogP contribution is 2.17. The molecule has 0 aliphatic heterocycles. The summed E-state index contributed by atoms with van der Waals surface area (Å²) in [5, 5.41) is 14.8. The average molecular weight is 328 g/mol. The van der Waals surface area contributed by atoms with E-state index in [1.165, 1.54) is 0 Å². The van der Waals surface area contributed by atoms with Crippen molar-refractivity contribution in [1.82, 2.24) is 4.98 Å². The van der Waals surface area contributed by atoms with Crippen molar-refractivity contribution in [1.29, 1.82) is 5.26 Å². The Kier molecular flexibility index (Phi) is 4.72.